The highest BCUT2D eigenvalue weighted by Crippen LogP contribution is 2.16. The predicted octanol–water partition coefficient (Wildman–Crippen LogP) is 2.04. The van der Waals surface area contributed by atoms with E-state index in [1.165, 1.54) is 5.56 Å². The monoisotopic (exact) mass is 414 g/mol. The minimum atomic E-state index is -0.705. The molecule has 30 heavy (non-hydrogen) atoms. The molecule has 1 aromatic carbocycles. The molecule has 1 atom stereocenters. The molecule has 0 saturated heterocycles. The molecule has 0 unspecified atom stereocenters. The number of aromatic nitrogens is 2. The average molecular weight is 415 g/mol. The van der Waals surface area contributed by atoms with E-state index >= 15 is 0 Å². The van der Waals surface area contributed by atoms with Gasteiger partial charge in [-0.15, -0.1) is 0 Å². The van der Waals surface area contributed by atoms with Crippen LogP contribution in [0.4, 0.5) is 0 Å². The number of esters is 1. The second-order valence-electron chi connectivity index (χ2n) is 7.35. The standard InChI is InChI=1S/C22H30N4O4/c1-6-11-23-21(28)16(4)24-19(27)13-30-22(29)20-15(3)25-26(17(20)5)12-18-9-7-14(2)8-10-18/h7-10,16H,6,11-13H2,1-5H3,(H,23,28)(H,24,27)/t16-/m1/s1. The highest BCUT2D eigenvalue weighted by molar-refractivity contribution is 5.94. The number of benzene rings is 1. The molecule has 8 heteroatoms. The summed E-state index contributed by atoms with van der Waals surface area (Å²) in [4.78, 5) is 36.4. The number of hydrogen-bond acceptors (Lipinski definition) is 5. The quantitative estimate of drug-likeness (QED) is 0.612. The zero-order valence-corrected chi connectivity index (χ0v) is 18.2. The van der Waals surface area contributed by atoms with Crippen molar-refractivity contribution < 1.29 is 19.1 Å². The van der Waals surface area contributed by atoms with Gasteiger partial charge >= 0.3 is 5.97 Å². The first-order chi connectivity index (χ1) is 14.2. The molecule has 1 heterocycles. The Hall–Kier alpha value is -3.16. The number of aryl methyl sites for hydroxylation is 2. The summed E-state index contributed by atoms with van der Waals surface area (Å²) in [6.07, 6.45) is 0.806. The van der Waals surface area contributed by atoms with Gasteiger partial charge in [-0.05, 0) is 39.7 Å². The number of hydrogen-bond donors (Lipinski definition) is 2. The van der Waals surface area contributed by atoms with Crippen molar-refractivity contribution in [3.63, 3.8) is 0 Å². The molecular weight excluding hydrogens is 384 g/mol. The van der Waals surface area contributed by atoms with Gasteiger partial charge in [0.25, 0.3) is 5.91 Å². The first-order valence-corrected chi connectivity index (χ1v) is 10.1. The van der Waals surface area contributed by atoms with Crippen LogP contribution < -0.4 is 10.6 Å². The SMILES string of the molecule is CCCNC(=O)[C@@H](C)NC(=O)COC(=O)c1c(C)nn(Cc2ccc(C)cc2)c1C. The molecule has 0 saturated carbocycles. The summed E-state index contributed by atoms with van der Waals surface area (Å²) in [5, 5.41) is 9.65. The van der Waals surface area contributed by atoms with Gasteiger partial charge in [0.1, 0.15) is 11.6 Å². The van der Waals surface area contributed by atoms with Crippen molar-refractivity contribution in [3.8, 4) is 0 Å². The van der Waals surface area contributed by atoms with Crippen molar-refractivity contribution in [1.82, 2.24) is 20.4 Å². The topological polar surface area (TPSA) is 102 Å². The fourth-order valence-electron chi connectivity index (χ4n) is 2.97. The summed E-state index contributed by atoms with van der Waals surface area (Å²) in [5.74, 6) is -1.43. The van der Waals surface area contributed by atoms with Crippen molar-refractivity contribution >= 4 is 17.8 Å². The number of nitrogens with zero attached hydrogens (tertiary/aromatic N) is 2. The summed E-state index contributed by atoms with van der Waals surface area (Å²) in [7, 11) is 0. The van der Waals surface area contributed by atoms with Crippen LogP contribution in [-0.4, -0.2) is 46.8 Å². The van der Waals surface area contributed by atoms with Gasteiger partial charge in [-0.1, -0.05) is 36.8 Å². The molecule has 0 radical (unpaired) electrons. The molecule has 8 nitrogen and oxygen atoms in total. The Morgan fingerprint density at radius 1 is 1.13 bits per heavy atom. The summed E-state index contributed by atoms with van der Waals surface area (Å²) < 4.78 is 6.90. The van der Waals surface area contributed by atoms with Crippen molar-refractivity contribution in [2.24, 2.45) is 0 Å². The zero-order chi connectivity index (χ0) is 22.3. The molecular formula is C22H30N4O4. The van der Waals surface area contributed by atoms with Crippen LogP contribution in [0.15, 0.2) is 24.3 Å². The third kappa shape index (κ3) is 6.17. The van der Waals surface area contributed by atoms with Crippen molar-refractivity contribution in [3.05, 3.63) is 52.3 Å². The van der Waals surface area contributed by atoms with E-state index in [2.05, 4.69) is 15.7 Å². The van der Waals surface area contributed by atoms with Crippen LogP contribution in [0.5, 0.6) is 0 Å². The number of amides is 2. The smallest absolute Gasteiger partial charge is 0.342 e. The number of rotatable bonds is 9. The van der Waals surface area contributed by atoms with Crippen LogP contribution >= 0.6 is 0 Å². The first kappa shape index (κ1) is 23.1. The maximum Gasteiger partial charge on any atom is 0.342 e. The largest absolute Gasteiger partial charge is 0.452 e. The van der Waals surface area contributed by atoms with E-state index < -0.39 is 24.5 Å². The molecule has 2 aromatic rings. The van der Waals surface area contributed by atoms with E-state index in [9.17, 15) is 14.4 Å². The van der Waals surface area contributed by atoms with Crippen molar-refractivity contribution in [2.75, 3.05) is 13.2 Å². The van der Waals surface area contributed by atoms with Gasteiger partial charge in [-0.3, -0.25) is 14.3 Å². The van der Waals surface area contributed by atoms with Crippen molar-refractivity contribution in [2.45, 2.75) is 53.6 Å². The van der Waals surface area contributed by atoms with Gasteiger partial charge < -0.3 is 15.4 Å². The van der Waals surface area contributed by atoms with Crippen LogP contribution in [-0.2, 0) is 20.9 Å². The minimum absolute atomic E-state index is 0.277. The van der Waals surface area contributed by atoms with Gasteiger partial charge in [0.2, 0.25) is 5.91 Å². The minimum Gasteiger partial charge on any atom is -0.452 e. The highest BCUT2D eigenvalue weighted by atomic mass is 16.5. The predicted molar refractivity (Wildman–Crippen MR) is 113 cm³/mol. The molecule has 1 aromatic heterocycles. The fraction of sp³-hybridized carbons (Fsp3) is 0.455. The second kappa shape index (κ2) is 10.6. The molecule has 0 bridgehead atoms. The average Bonchev–Trinajstić information content (AvgIpc) is 2.99. The summed E-state index contributed by atoms with van der Waals surface area (Å²) in [6, 6.07) is 7.39. The lowest BCUT2D eigenvalue weighted by Crippen LogP contribution is -2.46. The number of ether oxygens (including phenoxy) is 1. The first-order valence-electron chi connectivity index (χ1n) is 10.1. The van der Waals surface area contributed by atoms with Crippen LogP contribution in [0.2, 0.25) is 0 Å². The van der Waals surface area contributed by atoms with E-state index in [4.69, 9.17) is 4.74 Å². The molecule has 0 aliphatic heterocycles. The normalized spacial score (nSPS) is 11.6. The molecule has 0 fully saturated rings. The molecule has 2 rings (SSSR count). The van der Waals surface area contributed by atoms with E-state index in [0.717, 1.165) is 12.0 Å². The lowest BCUT2D eigenvalue weighted by atomic mass is 10.1. The summed E-state index contributed by atoms with van der Waals surface area (Å²) >= 11 is 0. The lowest BCUT2D eigenvalue weighted by Gasteiger charge is -2.14. The fourth-order valence-corrected chi connectivity index (χ4v) is 2.97. The van der Waals surface area contributed by atoms with Gasteiger partial charge in [0.15, 0.2) is 6.61 Å². The summed E-state index contributed by atoms with van der Waals surface area (Å²) in [6.45, 7) is 9.68. The van der Waals surface area contributed by atoms with E-state index in [0.29, 0.717) is 30.0 Å². The number of carbonyl (C=O) groups excluding carboxylic acids is 3. The number of nitrogens with one attached hydrogen (secondary N) is 2. The Labute approximate surface area is 177 Å². The third-order valence-electron chi connectivity index (χ3n) is 4.69. The Kier molecular flexibility index (Phi) is 8.15. The molecule has 2 N–H and O–H groups in total. The van der Waals surface area contributed by atoms with E-state index in [1.54, 1.807) is 25.5 Å². The Balaban J connectivity index is 1.95. The molecule has 2 amide bonds. The van der Waals surface area contributed by atoms with E-state index in [1.807, 2.05) is 38.1 Å². The molecule has 0 spiro atoms. The van der Waals surface area contributed by atoms with Gasteiger partial charge in [0, 0.05) is 6.54 Å². The van der Waals surface area contributed by atoms with E-state index in [-0.39, 0.29) is 5.91 Å². The van der Waals surface area contributed by atoms with Gasteiger partial charge in [-0.2, -0.15) is 5.10 Å². The van der Waals surface area contributed by atoms with Crippen LogP contribution in [0, 0.1) is 20.8 Å². The van der Waals surface area contributed by atoms with Crippen LogP contribution in [0.3, 0.4) is 0 Å². The molecule has 162 valence electrons. The maximum absolute atomic E-state index is 12.5. The summed E-state index contributed by atoms with van der Waals surface area (Å²) in [5.41, 5.74) is 3.81. The van der Waals surface area contributed by atoms with Gasteiger partial charge in [-0.25, -0.2) is 4.79 Å². The maximum atomic E-state index is 12.5. The second-order valence-corrected chi connectivity index (χ2v) is 7.35. The van der Waals surface area contributed by atoms with Crippen LogP contribution in [0.1, 0.15) is 53.1 Å². The molecule has 0 aliphatic rings. The van der Waals surface area contributed by atoms with Crippen LogP contribution in [0.25, 0.3) is 0 Å². The number of carbonyl (C=O) groups is 3. The lowest BCUT2D eigenvalue weighted by molar-refractivity contribution is -0.130. The molecule has 0 aliphatic carbocycles. The Morgan fingerprint density at radius 2 is 1.80 bits per heavy atom. The van der Waals surface area contributed by atoms with Gasteiger partial charge in [0.05, 0.1) is 17.9 Å². The van der Waals surface area contributed by atoms with Crippen molar-refractivity contribution in [1.29, 1.82) is 0 Å². The Morgan fingerprint density at radius 3 is 2.43 bits per heavy atom. The zero-order valence-electron chi connectivity index (χ0n) is 18.2. The third-order valence-corrected chi connectivity index (χ3v) is 4.69. The Bertz CT molecular complexity index is 903. The highest BCUT2D eigenvalue weighted by Gasteiger charge is 2.22.